The first-order valence-electron chi connectivity index (χ1n) is 8.66. The van der Waals surface area contributed by atoms with Crippen LogP contribution in [-0.4, -0.2) is 20.1 Å². The van der Waals surface area contributed by atoms with E-state index in [-0.39, 0.29) is 22.3 Å². The van der Waals surface area contributed by atoms with E-state index in [9.17, 15) is 27.6 Å². The standard InChI is InChI=1S/C20H13F3N4O3/c21-20(22,23)13-10-14-16(11-15(13)26-8-4-5-9-26)27(19(30)18(29)24-14)25-17(28)12-6-2-1-3-7-12/h1-11H,(H,24,29)(H,25,28). The number of alkyl halides is 3. The van der Waals surface area contributed by atoms with Gasteiger partial charge in [0.15, 0.2) is 0 Å². The number of aromatic amines is 1. The molecule has 0 saturated carbocycles. The Kier molecular flexibility index (Phi) is 4.53. The average Bonchev–Trinajstić information content (AvgIpc) is 3.25. The van der Waals surface area contributed by atoms with Crippen LogP contribution in [0.5, 0.6) is 0 Å². The summed E-state index contributed by atoms with van der Waals surface area (Å²) in [4.78, 5) is 39.1. The van der Waals surface area contributed by atoms with Crippen LogP contribution in [0.4, 0.5) is 13.2 Å². The highest BCUT2D eigenvalue weighted by atomic mass is 19.4. The minimum Gasteiger partial charge on any atom is -0.323 e. The topological polar surface area (TPSA) is 88.9 Å². The fourth-order valence-electron chi connectivity index (χ4n) is 3.05. The van der Waals surface area contributed by atoms with Crippen LogP contribution in [-0.2, 0) is 6.18 Å². The smallest absolute Gasteiger partial charge is 0.323 e. The Balaban J connectivity index is 1.97. The summed E-state index contributed by atoms with van der Waals surface area (Å²) in [5, 5.41) is 0. The normalized spacial score (nSPS) is 11.6. The zero-order valence-corrected chi connectivity index (χ0v) is 15.1. The molecular weight excluding hydrogens is 401 g/mol. The number of hydrogen-bond acceptors (Lipinski definition) is 3. The maximum absolute atomic E-state index is 13.6. The van der Waals surface area contributed by atoms with E-state index in [1.54, 1.807) is 30.3 Å². The zero-order chi connectivity index (χ0) is 21.5. The Morgan fingerprint density at radius 2 is 1.63 bits per heavy atom. The number of H-pyrrole nitrogens is 1. The second-order valence-electron chi connectivity index (χ2n) is 6.38. The van der Waals surface area contributed by atoms with Gasteiger partial charge in [-0.1, -0.05) is 18.2 Å². The molecule has 2 aromatic heterocycles. The van der Waals surface area contributed by atoms with Crippen molar-refractivity contribution >= 4 is 16.9 Å². The molecule has 0 aliphatic rings. The molecule has 0 aliphatic carbocycles. The lowest BCUT2D eigenvalue weighted by Crippen LogP contribution is -2.42. The molecular formula is C20H13F3N4O3. The Morgan fingerprint density at radius 1 is 0.967 bits per heavy atom. The van der Waals surface area contributed by atoms with Crippen LogP contribution in [0.1, 0.15) is 15.9 Å². The van der Waals surface area contributed by atoms with Crippen molar-refractivity contribution in [3.63, 3.8) is 0 Å². The molecule has 30 heavy (non-hydrogen) atoms. The number of halogens is 3. The van der Waals surface area contributed by atoms with Crippen LogP contribution in [0, 0.1) is 0 Å². The summed E-state index contributed by atoms with van der Waals surface area (Å²) in [5.41, 5.74) is -1.44. The molecule has 4 aromatic rings. The Hall–Kier alpha value is -4.08. The molecule has 0 bridgehead atoms. The molecule has 4 rings (SSSR count). The highest BCUT2D eigenvalue weighted by Gasteiger charge is 2.35. The number of fused-ring (bicyclic) bond motifs is 1. The molecule has 1 amide bonds. The maximum Gasteiger partial charge on any atom is 0.418 e. The molecule has 0 saturated heterocycles. The number of amides is 1. The SMILES string of the molecule is O=C(Nn1c(=O)c(=O)[nH]c2cc(C(F)(F)F)c(-n3cccc3)cc21)c1ccccc1. The van der Waals surface area contributed by atoms with E-state index < -0.39 is 28.8 Å². The number of rotatable bonds is 3. The molecule has 7 nitrogen and oxygen atoms in total. The largest absolute Gasteiger partial charge is 0.418 e. The lowest BCUT2D eigenvalue weighted by atomic mass is 10.1. The monoisotopic (exact) mass is 414 g/mol. The van der Waals surface area contributed by atoms with Crippen LogP contribution in [0.15, 0.2) is 76.6 Å². The van der Waals surface area contributed by atoms with Gasteiger partial charge in [-0.25, -0.2) is 4.68 Å². The second-order valence-corrected chi connectivity index (χ2v) is 6.38. The third-order valence-electron chi connectivity index (χ3n) is 4.44. The molecule has 0 aliphatic heterocycles. The van der Waals surface area contributed by atoms with Crippen LogP contribution >= 0.6 is 0 Å². The zero-order valence-electron chi connectivity index (χ0n) is 15.1. The molecule has 10 heteroatoms. The predicted molar refractivity (Wildman–Crippen MR) is 103 cm³/mol. The van der Waals surface area contributed by atoms with E-state index in [0.717, 1.165) is 12.1 Å². The number of benzene rings is 2. The summed E-state index contributed by atoms with van der Waals surface area (Å²) in [6.45, 7) is 0. The van der Waals surface area contributed by atoms with E-state index in [2.05, 4.69) is 10.4 Å². The van der Waals surface area contributed by atoms with Crippen molar-refractivity contribution in [1.29, 1.82) is 0 Å². The highest BCUT2D eigenvalue weighted by molar-refractivity contribution is 6.00. The Labute approximate surface area is 166 Å². The van der Waals surface area contributed by atoms with Crippen molar-refractivity contribution in [2.75, 3.05) is 5.43 Å². The fraction of sp³-hybridized carbons (Fsp3) is 0.0500. The quantitative estimate of drug-likeness (QED) is 0.506. The summed E-state index contributed by atoms with van der Waals surface area (Å²) in [6, 6.07) is 12.8. The van der Waals surface area contributed by atoms with Crippen LogP contribution in [0.3, 0.4) is 0 Å². The Morgan fingerprint density at radius 3 is 2.27 bits per heavy atom. The summed E-state index contributed by atoms with van der Waals surface area (Å²) in [6.07, 6.45) is -1.90. The first-order chi connectivity index (χ1) is 14.3. The summed E-state index contributed by atoms with van der Waals surface area (Å²) in [7, 11) is 0. The van der Waals surface area contributed by atoms with Gasteiger partial charge in [-0.15, -0.1) is 0 Å². The molecule has 0 spiro atoms. The minimum absolute atomic E-state index is 0.0967. The number of nitrogens with one attached hydrogen (secondary N) is 2. The van der Waals surface area contributed by atoms with E-state index in [1.807, 2.05) is 0 Å². The van der Waals surface area contributed by atoms with Gasteiger partial charge in [0.25, 0.3) is 5.91 Å². The minimum atomic E-state index is -4.72. The van der Waals surface area contributed by atoms with Gasteiger partial charge in [0.05, 0.1) is 22.3 Å². The highest BCUT2D eigenvalue weighted by Crippen LogP contribution is 2.35. The first kappa shape index (κ1) is 19.2. The number of aromatic nitrogens is 3. The molecule has 152 valence electrons. The molecule has 2 heterocycles. The molecule has 0 atom stereocenters. The van der Waals surface area contributed by atoms with Crippen LogP contribution in [0.2, 0.25) is 0 Å². The van der Waals surface area contributed by atoms with Gasteiger partial charge < -0.3 is 9.55 Å². The van der Waals surface area contributed by atoms with E-state index >= 15 is 0 Å². The number of carbonyl (C=O) groups is 1. The molecule has 2 N–H and O–H groups in total. The van der Waals surface area contributed by atoms with Crippen molar-refractivity contribution in [3.8, 4) is 5.69 Å². The van der Waals surface area contributed by atoms with E-state index in [0.29, 0.717) is 4.68 Å². The predicted octanol–water partition coefficient (Wildman–Crippen LogP) is 2.88. The van der Waals surface area contributed by atoms with Gasteiger partial charge in [0.2, 0.25) is 0 Å². The lowest BCUT2D eigenvalue weighted by molar-refractivity contribution is -0.137. The number of nitrogens with zero attached hydrogens (tertiary/aromatic N) is 2. The number of carbonyl (C=O) groups excluding carboxylic acids is 1. The van der Waals surface area contributed by atoms with Crippen molar-refractivity contribution in [2.24, 2.45) is 0 Å². The van der Waals surface area contributed by atoms with Crippen molar-refractivity contribution in [2.45, 2.75) is 6.18 Å². The molecule has 0 unspecified atom stereocenters. The Bertz CT molecular complexity index is 1350. The van der Waals surface area contributed by atoms with Crippen LogP contribution < -0.4 is 16.5 Å². The van der Waals surface area contributed by atoms with E-state index in [1.165, 1.54) is 29.1 Å². The summed E-state index contributed by atoms with van der Waals surface area (Å²) >= 11 is 0. The van der Waals surface area contributed by atoms with Gasteiger partial charge in [-0.05, 0) is 36.4 Å². The third-order valence-corrected chi connectivity index (χ3v) is 4.44. The van der Waals surface area contributed by atoms with Gasteiger partial charge in [-0.3, -0.25) is 19.8 Å². The lowest BCUT2D eigenvalue weighted by Gasteiger charge is -2.17. The van der Waals surface area contributed by atoms with Gasteiger partial charge in [0, 0.05) is 18.0 Å². The van der Waals surface area contributed by atoms with Gasteiger partial charge in [-0.2, -0.15) is 13.2 Å². The summed E-state index contributed by atoms with van der Waals surface area (Å²) < 4.78 is 42.8. The van der Waals surface area contributed by atoms with Crippen molar-refractivity contribution < 1.29 is 18.0 Å². The van der Waals surface area contributed by atoms with Gasteiger partial charge in [0.1, 0.15) is 0 Å². The maximum atomic E-state index is 13.6. The number of hydrogen-bond donors (Lipinski definition) is 2. The van der Waals surface area contributed by atoms with E-state index in [4.69, 9.17) is 0 Å². The average molecular weight is 414 g/mol. The van der Waals surface area contributed by atoms with Crippen LogP contribution in [0.25, 0.3) is 16.7 Å². The fourth-order valence-corrected chi connectivity index (χ4v) is 3.05. The van der Waals surface area contributed by atoms with Crippen molar-refractivity contribution in [3.05, 3.63) is 98.8 Å². The second kappa shape index (κ2) is 7.07. The summed E-state index contributed by atoms with van der Waals surface area (Å²) in [5.74, 6) is -0.702. The molecule has 0 fully saturated rings. The van der Waals surface area contributed by atoms with Crippen molar-refractivity contribution in [1.82, 2.24) is 14.2 Å². The molecule has 2 aromatic carbocycles. The first-order valence-corrected chi connectivity index (χ1v) is 8.66. The van der Waals surface area contributed by atoms with Gasteiger partial charge >= 0.3 is 17.3 Å². The molecule has 0 radical (unpaired) electrons. The third kappa shape index (κ3) is 3.39.